The summed E-state index contributed by atoms with van der Waals surface area (Å²) in [6, 6.07) is 0.280. The summed E-state index contributed by atoms with van der Waals surface area (Å²) in [5, 5.41) is 0. The topological polar surface area (TPSA) is 38.5 Å². The molecule has 3 heteroatoms. The number of nitrogens with two attached hydrogens (primary N) is 1. The fourth-order valence-corrected chi connectivity index (χ4v) is 1.38. The Hall–Kier alpha value is -0.120. The van der Waals surface area contributed by atoms with Crippen molar-refractivity contribution in [3.8, 4) is 0 Å². The largest absolute Gasteiger partial charge is 0.385 e. The summed E-state index contributed by atoms with van der Waals surface area (Å²) in [5.74, 6) is 0. The monoisotopic (exact) mass is 216 g/mol. The minimum Gasteiger partial charge on any atom is -0.385 e. The molecule has 0 aliphatic carbocycles. The molecule has 2 N–H and O–H groups in total. The average Bonchev–Trinajstić information content (AvgIpc) is 2.13. The van der Waals surface area contributed by atoms with Crippen molar-refractivity contribution in [1.29, 1.82) is 0 Å². The smallest absolute Gasteiger partial charge is 0.0474 e. The fraction of sp³-hybridized carbons (Fsp3) is 1.00. The molecule has 0 saturated heterocycles. The second-order valence-electron chi connectivity index (χ2n) is 5.41. The van der Waals surface area contributed by atoms with E-state index in [4.69, 9.17) is 10.5 Å². The van der Waals surface area contributed by atoms with Crippen molar-refractivity contribution in [3.05, 3.63) is 0 Å². The van der Waals surface area contributed by atoms with Gasteiger partial charge in [0.05, 0.1) is 0 Å². The molecule has 0 radical (unpaired) electrons. The predicted molar refractivity (Wildman–Crippen MR) is 66.0 cm³/mol. The van der Waals surface area contributed by atoms with E-state index in [0.717, 1.165) is 32.5 Å². The first-order chi connectivity index (χ1) is 6.88. The normalized spacial score (nSPS) is 14.6. The number of hydrogen-bond donors (Lipinski definition) is 1. The lowest BCUT2D eigenvalue weighted by Gasteiger charge is -2.28. The second-order valence-corrected chi connectivity index (χ2v) is 5.41. The van der Waals surface area contributed by atoms with Gasteiger partial charge in [0.1, 0.15) is 0 Å². The zero-order valence-electron chi connectivity index (χ0n) is 11.0. The van der Waals surface area contributed by atoms with Crippen LogP contribution in [0.4, 0.5) is 0 Å². The molecule has 0 aromatic carbocycles. The van der Waals surface area contributed by atoms with Crippen LogP contribution in [-0.2, 0) is 4.74 Å². The third-order valence-electron chi connectivity index (χ3n) is 2.82. The predicted octanol–water partition coefficient (Wildman–Crippen LogP) is 1.72. The van der Waals surface area contributed by atoms with E-state index in [2.05, 4.69) is 32.7 Å². The molecule has 0 aliphatic rings. The van der Waals surface area contributed by atoms with Gasteiger partial charge in [-0.2, -0.15) is 0 Å². The molecule has 0 amide bonds. The Morgan fingerprint density at radius 2 is 1.87 bits per heavy atom. The molecular weight excluding hydrogens is 188 g/mol. The van der Waals surface area contributed by atoms with Crippen LogP contribution < -0.4 is 5.73 Å². The molecule has 0 fully saturated rings. The molecule has 92 valence electrons. The van der Waals surface area contributed by atoms with Crippen molar-refractivity contribution in [2.24, 2.45) is 11.1 Å². The van der Waals surface area contributed by atoms with Crippen LogP contribution in [0.5, 0.6) is 0 Å². The van der Waals surface area contributed by atoms with E-state index in [-0.39, 0.29) is 11.5 Å². The molecule has 1 unspecified atom stereocenters. The van der Waals surface area contributed by atoms with Crippen LogP contribution in [0, 0.1) is 5.41 Å². The number of hydrogen-bond acceptors (Lipinski definition) is 3. The Labute approximate surface area is 95.0 Å². The summed E-state index contributed by atoms with van der Waals surface area (Å²) in [6.07, 6.45) is 2.16. The average molecular weight is 216 g/mol. The van der Waals surface area contributed by atoms with Gasteiger partial charge in [0.15, 0.2) is 0 Å². The lowest BCUT2D eigenvalue weighted by molar-refractivity contribution is 0.176. The van der Waals surface area contributed by atoms with E-state index in [9.17, 15) is 0 Å². The summed E-state index contributed by atoms with van der Waals surface area (Å²) < 4.78 is 5.02. The molecule has 0 saturated carbocycles. The van der Waals surface area contributed by atoms with E-state index in [0.29, 0.717) is 0 Å². The Kier molecular flexibility index (Phi) is 7.14. The molecule has 0 bridgehead atoms. The van der Waals surface area contributed by atoms with E-state index in [1.54, 1.807) is 7.11 Å². The molecule has 1 atom stereocenters. The Balaban J connectivity index is 3.57. The summed E-state index contributed by atoms with van der Waals surface area (Å²) >= 11 is 0. The maximum atomic E-state index is 6.10. The van der Waals surface area contributed by atoms with Gasteiger partial charge >= 0.3 is 0 Å². The van der Waals surface area contributed by atoms with Crippen molar-refractivity contribution < 1.29 is 4.74 Å². The molecule has 0 aliphatic heterocycles. The minimum atomic E-state index is 0.216. The molecule has 3 nitrogen and oxygen atoms in total. The summed E-state index contributed by atoms with van der Waals surface area (Å²) in [5.41, 5.74) is 6.32. The van der Waals surface area contributed by atoms with Crippen LogP contribution in [0.15, 0.2) is 0 Å². The second kappa shape index (κ2) is 7.20. The van der Waals surface area contributed by atoms with E-state index < -0.39 is 0 Å². The molecule has 0 heterocycles. The number of nitrogens with zero attached hydrogens (tertiary/aromatic N) is 1. The quantitative estimate of drug-likeness (QED) is 0.659. The third-order valence-corrected chi connectivity index (χ3v) is 2.82. The van der Waals surface area contributed by atoms with Gasteiger partial charge in [0.25, 0.3) is 0 Å². The van der Waals surface area contributed by atoms with Crippen LogP contribution >= 0.6 is 0 Å². The van der Waals surface area contributed by atoms with Crippen molar-refractivity contribution in [3.63, 3.8) is 0 Å². The van der Waals surface area contributed by atoms with E-state index in [1.165, 1.54) is 0 Å². The van der Waals surface area contributed by atoms with E-state index >= 15 is 0 Å². The van der Waals surface area contributed by atoms with Crippen LogP contribution in [0.1, 0.15) is 33.6 Å². The Morgan fingerprint density at radius 3 is 2.33 bits per heavy atom. The van der Waals surface area contributed by atoms with Crippen molar-refractivity contribution in [2.75, 3.05) is 33.9 Å². The van der Waals surface area contributed by atoms with Crippen LogP contribution in [0.3, 0.4) is 0 Å². The number of rotatable bonds is 7. The highest BCUT2D eigenvalue weighted by Crippen LogP contribution is 2.19. The number of ether oxygens (including phenoxy) is 1. The van der Waals surface area contributed by atoms with Gasteiger partial charge in [0.2, 0.25) is 0 Å². The Bertz CT molecular complexity index is 154. The first-order valence-corrected chi connectivity index (χ1v) is 5.81. The zero-order chi connectivity index (χ0) is 11.9. The highest BCUT2D eigenvalue weighted by atomic mass is 16.5. The van der Waals surface area contributed by atoms with Gasteiger partial charge in [-0.1, -0.05) is 20.8 Å². The van der Waals surface area contributed by atoms with Crippen molar-refractivity contribution in [1.82, 2.24) is 4.90 Å². The van der Waals surface area contributed by atoms with Gasteiger partial charge in [-0.15, -0.1) is 0 Å². The first kappa shape index (κ1) is 14.9. The van der Waals surface area contributed by atoms with Crippen molar-refractivity contribution in [2.45, 2.75) is 39.7 Å². The molecule has 0 spiro atoms. The zero-order valence-corrected chi connectivity index (χ0v) is 11.0. The SMILES string of the molecule is COCCCN(C)CCC(N)C(C)(C)C. The maximum Gasteiger partial charge on any atom is 0.0474 e. The maximum absolute atomic E-state index is 6.10. The lowest BCUT2D eigenvalue weighted by Crippen LogP contribution is -2.38. The number of methoxy groups -OCH3 is 1. The molecule has 15 heavy (non-hydrogen) atoms. The van der Waals surface area contributed by atoms with Crippen LogP contribution in [0.2, 0.25) is 0 Å². The summed E-state index contributed by atoms with van der Waals surface area (Å²) in [4.78, 5) is 2.32. The van der Waals surface area contributed by atoms with Gasteiger partial charge < -0.3 is 15.4 Å². The lowest BCUT2D eigenvalue weighted by atomic mass is 9.85. The minimum absolute atomic E-state index is 0.216. The third kappa shape index (κ3) is 7.77. The molecular formula is C12H28N2O. The van der Waals surface area contributed by atoms with E-state index in [1.807, 2.05) is 0 Å². The van der Waals surface area contributed by atoms with Gasteiger partial charge in [-0.25, -0.2) is 0 Å². The highest BCUT2D eigenvalue weighted by molar-refractivity contribution is 4.77. The molecule has 0 aromatic heterocycles. The van der Waals surface area contributed by atoms with Gasteiger partial charge in [0, 0.05) is 26.3 Å². The van der Waals surface area contributed by atoms with Gasteiger partial charge in [-0.05, 0) is 31.8 Å². The summed E-state index contributed by atoms with van der Waals surface area (Å²) in [7, 11) is 3.89. The molecule has 0 rings (SSSR count). The fourth-order valence-electron chi connectivity index (χ4n) is 1.38. The van der Waals surface area contributed by atoms with Crippen molar-refractivity contribution >= 4 is 0 Å². The standard InChI is InChI=1S/C12H28N2O/c1-12(2,3)11(13)7-9-14(4)8-6-10-15-5/h11H,6-10,13H2,1-5H3. The van der Waals surface area contributed by atoms with Crippen LogP contribution in [-0.4, -0.2) is 44.8 Å². The highest BCUT2D eigenvalue weighted by Gasteiger charge is 2.20. The summed E-state index contributed by atoms with van der Waals surface area (Å²) in [6.45, 7) is 9.59. The van der Waals surface area contributed by atoms with Gasteiger partial charge in [-0.3, -0.25) is 0 Å². The first-order valence-electron chi connectivity index (χ1n) is 5.81. The Morgan fingerprint density at radius 1 is 1.27 bits per heavy atom. The molecule has 0 aromatic rings. The van der Waals surface area contributed by atoms with Crippen LogP contribution in [0.25, 0.3) is 0 Å².